The Morgan fingerprint density at radius 3 is 2.60 bits per heavy atom. The molecule has 1 atom stereocenters. The topological polar surface area (TPSA) is 35.5 Å². The molecule has 5 heteroatoms. The number of nitrogens with one attached hydrogen (secondary N) is 1. The molecule has 0 bridgehead atoms. The van der Waals surface area contributed by atoms with Gasteiger partial charge in [0.15, 0.2) is 0 Å². The summed E-state index contributed by atoms with van der Waals surface area (Å²) in [5.74, 6) is 0.951. The molecule has 2 N–H and O–H groups in total. The number of phenols is 1. The summed E-state index contributed by atoms with van der Waals surface area (Å²) >= 11 is 12.1. The van der Waals surface area contributed by atoms with Crippen LogP contribution in [0.1, 0.15) is 30.9 Å². The molecule has 20 heavy (non-hydrogen) atoms. The summed E-state index contributed by atoms with van der Waals surface area (Å²) in [4.78, 5) is 2.45. The average Bonchev–Trinajstić information content (AvgIpc) is 3.28. The molecule has 1 aromatic rings. The van der Waals surface area contributed by atoms with Gasteiger partial charge in [0, 0.05) is 37.8 Å². The quantitative estimate of drug-likeness (QED) is 0.893. The number of hydrogen-bond donors (Lipinski definition) is 2. The Labute approximate surface area is 129 Å². The maximum Gasteiger partial charge on any atom is 0.140 e. The predicted molar refractivity (Wildman–Crippen MR) is 82.7 cm³/mol. The third-order valence-electron chi connectivity index (χ3n) is 4.31. The Bertz CT molecular complexity index is 485. The van der Waals surface area contributed by atoms with Gasteiger partial charge in [0.05, 0.1) is 5.02 Å². The van der Waals surface area contributed by atoms with Gasteiger partial charge < -0.3 is 10.4 Å². The van der Waals surface area contributed by atoms with Crippen LogP contribution >= 0.6 is 23.2 Å². The Morgan fingerprint density at radius 1 is 1.25 bits per heavy atom. The smallest absolute Gasteiger partial charge is 0.140 e. The zero-order valence-electron chi connectivity index (χ0n) is 11.4. The fourth-order valence-electron chi connectivity index (χ4n) is 2.96. The van der Waals surface area contributed by atoms with Gasteiger partial charge in [-0.25, -0.2) is 0 Å². The lowest BCUT2D eigenvalue weighted by molar-refractivity contribution is 0.158. The molecule has 0 spiro atoms. The number of piperazine rings is 1. The van der Waals surface area contributed by atoms with Gasteiger partial charge in [-0.2, -0.15) is 0 Å². The Hall–Kier alpha value is -0.480. The van der Waals surface area contributed by atoms with Crippen LogP contribution in [0.25, 0.3) is 0 Å². The van der Waals surface area contributed by atoms with Crippen molar-refractivity contribution in [1.29, 1.82) is 0 Å². The van der Waals surface area contributed by atoms with Gasteiger partial charge in [0.25, 0.3) is 0 Å². The van der Waals surface area contributed by atoms with Crippen molar-refractivity contribution in [3.05, 3.63) is 27.7 Å². The van der Waals surface area contributed by atoms with Crippen LogP contribution in [0.2, 0.25) is 10.0 Å². The van der Waals surface area contributed by atoms with E-state index >= 15 is 0 Å². The minimum absolute atomic E-state index is 0.156. The zero-order valence-corrected chi connectivity index (χ0v) is 12.9. The van der Waals surface area contributed by atoms with Crippen LogP contribution in [0, 0.1) is 5.92 Å². The van der Waals surface area contributed by atoms with Crippen LogP contribution in [0.15, 0.2) is 12.1 Å². The Kier molecular flexibility index (Phi) is 4.41. The third-order valence-corrected chi connectivity index (χ3v) is 5.10. The van der Waals surface area contributed by atoms with Crippen molar-refractivity contribution in [3.8, 4) is 5.75 Å². The molecule has 0 aromatic heterocycles. The summed E-state index contributed by atoms with van der Waals surface area (Å²) in [6.07, 6.45) is 3.72. The molecule has 3 rings (SSSR count). The summed E-state index contributed by atoms with van der Waals surface area (Å²) < 4.78 is 0. The second kappa shape index (κ2) is 6.10. The third kappa shape index (κ3) is 3.06. The average molecular weight is 315 g/mol. The molecule has 1 heterocycles. The SMILES string of the molecule is Oc1c([C@@H](CC2CC2)N2CCNCC2)ccc(Cl)c1Cl. The summed E-state index contributed by atoms with van der Waals surface area (Å²) in [6.45, 7) is 4.03. The number of rotatable bonds is 4. The molecular formula is C15H20Cl2N2O. The fourth-order valence-corrected chi connectivity index (χ4v) is 3.28. The van der Waals surface area contributed by atoms with Crippen molar-refractivity contribution in [3.63, 3.8) is 0 Å². The van der Waals surface area contributed by atoms with E-state index in [1.165, 1.54) is 12.8 Å². The van der Waals surface area contributed by atoms with E-state index in [0.717, 1.165) is 44.1 Å². The molecule has 2 aliphatic rings. The van der Waals surface area contributed by atoms with Gasteiger partial charge >= 0.3 is 0 Å². The van der Waals surface area contributed by atoms with E-state index < -0.39 is 0 Å². The van der Waals surface area contributed by atoms with Gasteiger partial charge in [-0.3, -0.25) is 4.90 Å². The predicted octanol–water partition coefficient (Wildman–Crippen LogP) is 3.45. The van der Waals surface area contributed by atoms with Crippen molar-refractivity contribution in [2.75, 3.05) is 26.2 Å². The molecule has 1 saturated carbocycles. The van der Waals surface area contributed by atoms with Crippen LogP contribution in [-0.4, -0.2) is 36.2 Å². The van der Waals surface area contributed by atoms with Crippen molar-refractivity contribution in [2.24, 2.45) is 5.92 Å². The standard InChI is InChI=1S/C15H20Cl2N2O/c16-12-4-3-11(15(20)14(12)17)13(9-10-1-2-10)19-7-5-18-6-8-19/h3-4,10,13,18,20H,1-2,5-9H2/t13-/m1/s1. The van der Waals surface area contributed by atoms with Crippen molar-refractivity contribution in [1.82, 2.24) is 10.2 Å². The first-order valence-corrected chi connectivity index (χ1v) is 8.04. The molecule has 3 nitrogen and oxygen atoms in total. The molecule has 0 unspecified atom stereocenters. The molecule has 1 saturated heterocycles. The molecular weight excluding hydrogens is 295 g/mol. The normalized spacial score (nSPS) is 21.9. The van der Waals surface area contributed by atoms with Gasteiger partial charge in [-0.1, -0.05) is 42.1 Å². The van der Waals surface area contributed by atoms with E-state index in [0.29, 0.717) is 5.02 Å². The molecule has 1 aliphatic heterocycles. The van der Waals surface area contributed by atoms with Gasteiger partial charge in [0.2, 0.25) is 0 Å². The highest BCUT2D eigenvalue weighted by Crippen LogP contribution is 2.45. The number of halogens is 2. The first-order valence-electron chi connectivity index (χ1n) is 7.28. The highest BCUT2D eigenvalue weighted by Gasteiger charge is 2.32. The maximum atomic E-state index is 10.4. The van der Waals surface area contributed by atoms with E-state index in [2.05, 4.69) is 10.2 Å². The number of phenolic OH excluding ortho intramolecular Hbond substituents is 1. The number of aromatic hydroxyl groups is 1. The lowest BCUT2D eigenvalue weighted by Gasteiger charge is -2.35. The van der Waals surface area contributed by atoms with E-state index in [9.17, 15) is 5.11 Å². The van der Waals surface area contributed by atoms with Crippen LogP contribution in [-0.2, 0) is 0 Å². The van der Waals surface area contributed by atoms with Crippen molar-refractivity contribution < 1.29 is 5.11 Å². The second-order valence-corrected chi connectivity index (χ2v) is 6.57. The van der Waals surface area contributed by atoms with E-state index in [1.54, 1.807) is 6.07 Å². The highest BCUT2D eigenvalue weighted by molar-refractivity contribution is 6.43. The summed E-state index contributed by atoms with van der Waals surface area (Å²) in [5, 5.41) is 14.4. The minimum Gasteiger partial charge on any atom is -0.506 e. The highest BCUT2D eigenvalue weighted by atomic mass is 35.5. The Morgan fingerprint density at radius 2 is 1.95 bits per heavy atom. The minimum atomic E-state index is 0.156. The zero-order chi connectivity index (χ0) is 14.1. The monoisotopic (exact) mass is 314 g/mol. The maximum absolute atomic E-state index is 10.4. The fraction of sp³-hybridized carbons (Fsp3) is 0.600. The summed E-state index contributed by atoms with van der Waals surface area (Å²) in [6, 6.07) is 3.97. The van der Waals surface area contributed by atoms with Crippen LogP contribution in [0.5, 0.6) is 5.75 Å². The van der Waals surface area contributed by atoms with Crippen LogP contribution < -0.4 is 5.32 Å². The van der Waals surface area contributed by atoms with E-state index in [1.807, 2.05) is 6.07 Å². The first-order chi connectivity index (χ1) is 9.66. The molecule has 110 valence electrons. The largest absolute Gasteiger partial charge is 0.506 e. The molecule has 0 radical (unpaired) electrons. The molecule has 1 aromatic carbocycles. The lowest BCUT2D eigenvalue weighted by atomic mass is 9.97. The van der Waals surface area contributed by atoms with Gasteiger partial charge in [0.1, 0.15) is 10.8 Å². The number of benzene rings is 1. The van der Waals surface area contributed by atoms with Crippen molar-refractivity contribution in [2.45, 2.75) is 25.3 Å². The molecule has 2 fully saturated rings. The van der Waals surface area contributed by atoms with Crippen LogP contribution in [0.3, 0.4) is 0 Å². The van der Waals surface area contributed by atoms with Gasteiger partial charge in [-0.15, -0.1) is 0 Å². The van der Waals surface area contributed by atoms with Crippen LogP contribution in [0.4, 0.5) is 0 Å². The summed E-state index contributed by atoms with van der Waals surface area (Å²) in [7, 11) is 0. The number of hydrogen-bond acceptors (Lipinski definition) is 3. The number of nitrogens with zero attached hydrogens (tertiary/aromatic N) is 1. The van der Waals surface area contributed by atoms with E-state index in [4.69, 9.17) is 23.2 Å². The Balaban J connectivity index is 1.89. The lowest BCUT2D eigenvalue weighted by Crippen LogP contribution is -2.45. The first kappa shape index (κ1) is 14.5. The van der Waals surface area contributed by atoms with E-state index in [-0.39, 0.29) is 16.8 Å². The molecule has 0 amide bonds. The van der Waals surface area contributed by atoms with Crippen molar-refractivity contribution >= 4 is 23.2 Å². The summed E-state index contributed by atoms with van der Waals surface area (Å²) in [5.41, 5.74) is 0.924. The second-order valence-electron chi connectivity index (χ2n) is 5.78. The van der Waals surface area contributed by atoms with Gasteiger partial charge in [-0.05, 0) is 18.4 Å². The molecule has 1 aliphatic carbocycles.